The van der Waals surface area contributed by atoms with Crippen molar-refractivity contribution in [3.05, 3.63) is 34.4 Å². The van der Waals surface area contributed by atoms with Gasteiger partial charge in [0.15, 0.2) is 11.1 Å². The van der Waals surface area contributed by atoms with Gasteiger partial charge in [0.25, 0.3) is 5.91 Å². The van der Waals surface area contributed by atoms with Gasteiger partial charge in [-0.15, -0.1) is 0 Å². The number of fused-ring (bicyclic) bond motifs is 1. The van der Waals surface area contributed by atoms with Gasteiger partial charge in [0.05, 0.1) is 0 Å². The summed E-state index contributed by atoms with van der Waals surface area (Å²) < 4.78 is 1.39. The molecule has 0 spiro atoms. The molecule has 8 heteroatoms. The lowest BCUT2D eigenvalue weighted by molar-refractivity contribution is -0.135. The Morgan fingerprint density at radius 1 is 1.53 bits per heavy atom. The fraction of sp³-hybridized carbons (Fsp3) is 0.111. The second kappa shape index (κ2) is 4.08. The van der Waals surface area contributed by atoms with Gasteiger partial charge in [0.2, 0.25) is 0 Å². The van der Waals surface area contributed by atoms with E-state index in [1.165, 1.54) is 23.1 Å². The third-order valence-electron chi connectivity index (χ3n) is 2.08. The fourth-order valence-corrected chi connectivity index (χ4v) is 1.37. The Kier molecular flexibility index (Phi) is 2.61. The minimum Gasteiger partial charge on any atom is -0.480 e. The molecule has 0 unspecified atom stereocenters. The molecule has 0 atom stereocenters. The van der Waals surface area contributed by atoms with E-state index < -0.39 is 23.9 Å². The maximum Gasteiger partial charge on any atom is 0.322 e. The number of carbonyl (C=O) groups is 2. The van der Waals surface area contributed by atoms with Crippen LogP contribution in [0.5, 0.6) is 0 Å². The summed E-state index contributed by atoms with van der Waals surface area (Å²) in [7, 11) is 0. The van der Waals surface area contributed by atoms with Gasteiger partial charge in [-0.2, -0.15) is 0 Å². The number of nitrogens with zero attached hydrogens (tertiary/aromatic N) is 2. The van der Waals surface area contributed by atoms with Crippen molar-refractivity contribution in [1.82, 2.24) is 19.9 Å². The number of pyridine rings is 1. The van der Waals surface area contributed by atoms with Crippen molar-refractivity contribution in [2.75, 3.05) is 6.54 Å². The lowest BCUT2D eigenvalue weighted by Crippen LogP contribution is -2.33. The SMILES string of the molecule is O=C(O)CNC(=O)c1c(=O)ccn2[nH]cnc12. The molecule has 0 radical (unpaired) electrons. The Morgan fingerprint density at radius 2 is 2.29 bits per heavy atom. The Morgan fingerprint density at radius 3 is 3.00 bits per heavy atom. The zero-order chi connectivity index (χ0) is 12.4. The van der Waals surface area contributed by atoms with E-state index in [0.717, 1.165) is 0 Å². The number of nitrogens with one attached hydrogen (secondary N) is 2. The summed E-state index contributed by atoms with van der Waals surface area (Å²) in [6, 6.07) is 1.20. The predicted octanol–water partition coefficient (Wildman–Crippen LogP) is -1.16. The Balaban J connectivity index is 2.43. The largest absolute Gasteiger partial charge is 0.480 e. The monoisotopic (exact) mass is 236 g/mol. The number of carboxylic acid groups (broad SMARTS) is 1. The van der Waals surface area contributed by atoms with Crippen LogP contribution in [-0.2, 0) is 4.79 Å². The van der Waals surface area contributed by atoms with Gasteiger partial charge >= 0.3 is 5.97 Å². The molecule has 17 heavy (non-hydrogen) atoms. The number of aromatic amines is 1. The molecule has 2 aromatic rings. The number of aliphatic carboxylic acids is 1. The second-order valence-electron chi connectivity index (χ2n) is 3.21. The van der Waals surface area contributed by atoms with Crippen LogP contribution in [0.1, 0.15) is 10.4 Å². The van der Waals surface area contributed by atoms with E-state index in [4.69, 9.17) is 5.11 Å². The number of carbonyl (C=O) groups excluding carboxylic acids is 1. The molecule has 0 fully saturated rings. The zero-order valence-electron chi connectivity index (χ0n) is 8.51. The number of H-pyrrole nitrogens is 1. The summed E-state index contributed by atoms with van der Waals surface area (Å²) in [5.74, 6) is -1.95. The van der Waals surface area contributed by atoms with E-state index in [0.29, 0.717) is 0 Å². The molecule has 0 saturated carbocycles. The van der Waals surface area contributed by atoms with Crippen molar-refractivity contribution in [3.8, 4) is 0 Å². The van der Waals surface area contributed by atoms with E-state index in [-0.39, 0.29) is 11.2 Å². The molecule has 0 aliphatic carbocycles. The van der Waals surface area contributed by atoms with Gasteiger partial charge in [0, 0.05) is 12.3 Å². The molecule has 0 saturated heterocycles. The van der Waals surface area contributed by atoms with Crippen LogP contribution in [0.25, 0.3) is 5.65 Å². The van der Waals surface area contributed by atoms with Crippen LogP contribution in [0.3, 0.4) is 0 Å². The minimum absolute atomic E-state index is 0.153. The first kappa shape index (κ1) is 10.9. The lowest BCUT2D eigenvalue weighted by Gasteiger charge is -2.02. The van der Waals surface area contributed by atoms with Crippen molar-refractivity contribution in [2.45, 2.75) is 0 Å². The fourth-order valence-electron chi connectivity index (χ4n) is 1.37. The summed E-state index contributed by atoms with van der Waals surface area (Å²) in [5, 5.41) is 13.2. The van der Waals surface area contributed by atoms with Crippen LogP contribution in [-0.4, -0.2) is 38.1 Å². The first-order valence-corrected chi connectivity index (χ1v) is 4.64. The van der Waals surface area contributed by atoms with Gasteiger partial charge in [0.1, 0.15) is 18.4 Å². The van der Waals surface area contributed by atoms with Crippen molar-refractivity contribution >= 4 is 17.5 Å². The molecule has 3 N–H and O–H groups in total. The van der Waals surface area contributed by atoms with E-state index in [1.807, 2.05) is 0 Å². The van der Waals surface area contributed by atoms with Gasteiger partial charge in [-0.3, -0.25) is 19.5 Å². The summed E-state index contributed by atoms with van der Waals surface area (Å²) in [4.78, 5) is 37.3. The van der Waals surface area contributed by atoms with Gasteiger partial charge in [-0.05, 0) is 0 Å². The van der Waals surface area contributed by atoms with Gasteiger partial charge < -0.3 is 10.4 Å². The average molecular weight is 236 g/mol. The molecule has 0 aliphatic rings. The van der Waals surface area contributed by atoms with E-state index in [1.54, 1.807) is 0 Å². The molecule has 2 heterocycles. The standard InChI is InChI=1S/C9H8N4O4/c14-5-1-2-13-8(11-4-12-13)7(5)9(17)10-3-6(15)16/h1-2,4H,3H2,(H,10,17)(H,11,12)(H,15,16). The topological polar surface area (TPSA) is 117 Å². The van der Waals surface area contributed by atoms with Crippen molar-refractivity contribution in [2.24, 2.45) is 0 Å². The van der Waals surface area contributed by atoms with Gasteiger partial charge in [-0.25, -0.2) is 9.50 Å². The molecule has 2 aromatic heterocycles. The van der Waals surface area contributed by atoms with E-state index in [9.17, 15) is 14.4 Å². The summed E-state index contributed by atoms with van der Waals surface area (Å²) in [5.41, 5.74) is -0.546. The molecule has 0 bridgehead atoms. The zero-order valence-corrected chi connectivity index (χ0v) is 8.51. The number of carboxylic acids is 1. The van der Waals surface area contributed by atoms with Crippen LogP contribution in [0, 0.1) is 0 Å². The first-order valence-electron chi connectivity index (χ1n) is 4.64. The molecule has 88 valence electrons. The number of hydrogen-bond donors (Lipinski definition) is 3. The molecule has 8 nitrogen and oxygen atoms in total. The van der Waals surface area contributed by atoms with Crippen molar-refractivity contribution < 1.29 is 14.7 Å². The predicted molar refractivity (Wildman–Crippen MR) is 55.8 cm³/mol. The number of aromatic nitrogens is 3. The van der Waals surface area contributed by atoms with Crippen LogP contribution in [0.15, 0.2) is 23.4 Å². The first-order chi connectivity index (χ1) is 8.09. The minimum atomic E-state index is -1.19. The molecule has 2 rings (SSSR count). The highest BCUT2D eigenvalue weighted by molar-refractivity contribution is 6.00. The highest BCUT2D eigenvalue weighted by atomic mass is 16.4. The molecule has 0 aliphatic heterocycles. The summed E-state index contributed by atoms with van der Waals surface area (Å²) in [6.07, 6.45) is 2.75. The Hall–Kier alpha value is -2.64. The number of hydrogen-bond acceptors (Lipinski definition) is 4. The normalized spacial score (nSPS) is 10.4. The maximum absolute atomic E-state index is 11.6. The maximum atomic E-state index is 11.6. The summed E-state index contributed by atoms with van der Waals surface area (Å²) in [6.45, 7) is -0.552. The highest BCUT2D eigenvalue weighted by Gasteiger charge is 2.16. The van der Waals surface area contributed by atoms with E-state index in [2.05, 4.69) is 15.4 Å². The van der Waals surface area contributed by atoms with Gasteiger partial charge in [-0.1, -0.05) is 0 Å². The third-order valence-corrected chi connectivity index (χ3v) is 2.08. The van der Waals surface area contributed by atoms with Crippen LogP contribution < -0.4 is 10.7 Å². The van der Waals surface area contributed by atoms with E-state index >= 15 is 0 Å². The van der Waals surface area contributed by atoms with Crippen molar-refractivity contribution in [1.29, 1.82) is 0 Å². The second-order valence-corrected chi connectivity index (χ2v) is 3.21. The lowest BCUT2D eigenvalue weighted by atomic mass is 10.2. The number of amides is 1. The molecule has 1 amide bonds. The summed E-state index contributed by atoms with van der Waals surface area (Å²) >= 11 is 0. The molecular weight excluding hydrogens is 228 g/mol. The quantitative estimate of drug-likeness (QED) is 0.621. The molecular formula is C9H8N4O4. The highest BCUT2D eigenvalue weighted by Crippen LogP contribution is 2.01. The van der Waals surface area contributed by atoms with Crippen LogP contribution in [0.4, 0.5) is 0 Å². The Labute approximate surface area is 93.9 Å². The van der Waals surface area contributed by atoms with Crippen LogP contribution >= 0.6 is 0 Å². The Bertz CT molecular complexity index is 642. The average Bonchev–Trinajstić information content (AvgIpc) is 2.73. The van der Waals surface area contributed by atoms with Crippen LogP contribution in [0.2, 0.25) is 0 Å². The third kappa shape index (κ3) is 2.00. The van der Waals surface area contributed by atoms with Crippen molar-refractivity contribution in [3.63, 3.8) is 0 Å². The molecule has 0 aromatic carbocycles. The smallest absolute Gasteiger partial charge is 0.322 e. The number of rotatable bonds is 3.